The topological polar surface area (TPSA) is 84.5 Å². The number of methoxy groups -OCH3 is 1. The third-order valence-corrected chi connectivity index (χ3v) is 4.76. The number of hydrogen-bond acceptors (Lipinski definition) is 5. The number of thiazole rings is 1. The molecule has 1 aromatic carbocycles. The first-order valence-electron chi connectivity index (χ1n) is 6.68. The number of carbonyl (C=O) groups excluding carboxylic acids is 1. The van der Waals surface area contributed by atoms with Crippen LogP contribution in [0.4, 0.5) is 0 Å². The first-order valence-corrected chi connectivity index (χ1v) is 9.07. The van der Waals surface area contributed by atoms with Crippen LogP contribution in [0.3, 0.4) is 0 Å². The summed E-state index contributed by atoms with van der Waals surface area (Å²) >= 11 is 1.55. The summed E-state index contributed by atoms with van der Waals surface area (Å²) < 4.78 is 37.0. The van der Waals surface area contributed by atoms with Crippen LogP contribution < -0.4 is 21.5 Å². The molecular formula is C15H20BrNO5S2. The number of benzene rings is 1. The molecule has 9 heteroatoms. The molecule has 0 amide bonds. The van der Waals surface area contributed by atoms with Crippen LogP contribution in [0.2, 0.25) is 0 Å². The second kappa shape index (κ2) is 9.87. The van der Waals surface area contributed by atoms with E-state index in [-0.39, 0.29) is 27.8 Å². The Morgan fingerprint density at radius 1 is 1.25 bits per heavy atom. The molecule has 0 aliphatic carbocycles. The Morgan fingerprint density at radius 2 is 1.79 bits per heavy atom. The normalized spacial score (nSPS) is 10.2. The van der Waals surface area contributed by atoms with Crippen LogP contribution in [0.15, 0.2) is 34.1 Å². The van der Waals surface area contributed by atoms with Crippen molar-refractivity contribution in [1.82, 2.24) is 0 Å². The largest absolute Gasteiger partial charge is 1.00 e. The van der Waals surface area contributed by atoms with Crippen molar-refractivity contribution < 1.29 is 44.1 Å². The summed E-state index contributed by atoms with van der Waals surface area (Å²) in [7, 11) is -2.70. The second-order valence-corrected chi connectivity index (χ2v) is 7.09. The van der Waals surface area contributed by atoms with Gasteiger partial charge in [-0.1, -0.05) is 29.0 Å². The average Bonchev–Trinajstić information content (AvgIpc) is 2.89. The van der Waals surface area contributed by atoms with E-state index in [9.17, 15) is 13.2 Å². The molecule has 0 aliphatic heterocycles. The van der Waals surface area contributed by atoms with Crippen molar-refractivity contribution in [2.24, 2.45) is 0 Å². The minimum Gasteiger partial charge on any atom is -1.00 e. The van der Waals surface area contributed by atoms with Gasteiger partial charge in [0.25, 0.3) is 10.1 Å². The molecule has 0 atom stereocenters. The van der Waals surface area contributed by atoms with E-state index in [1.807, 2.05) is 24.0 Å². The maximum atomic E-state index is 10.9. The van der Waals surface area contributed by atoms with Crippen molar-refractivity contribution >= 4 is 27.4 Å². The fraction of sp³-hybridized carbons (Fsp3) is 0.333. The van der Waals surface area contributed by atoms with Crippen molar-refractivity contribution in [2.75, 3.05) is 7.11 Å². The van der Waals surface area contributed by atoms with E-state index in [1.165, 1.54) is 7.11 Å². The number of carbonyl (C=O) groups is 1. The highest BCUT2D eigenvalue weighted by atomic mass is 79.9. The van der Waals surface area contributed by atoms with Crippen LogP contribution in [0.5, 0.6) is 0 Å². The van der Waals surface area contributed by atoms with E-state index in [4.69, 9.17) is 4.55 Å². The Bertz CT molecular complexity index is 750. The van der Waals surface area contributed by atoms with Gasteiger partial charge in [0.05, 0.1) is 17.4 Å². The molecule has 2 aromatic rings. The van der Waals surface area contributed by atoms with Crippen molar-refractivity contribution in [3.8, 4) is 0 Å². The highest BCUT2D eigenvalue weighted by Gasteiger charge is 2.16. The smallest absolute Gasteiger partial charge is 0.372 e. The van der Waals surface area contributed by atoms with Crippen LogP contribution in [-0.4, -0.2) is 26.0 Å². The van der Waals surface area contributed by atoms with Gasteiger partial charge in [0.2, 0.25) is 12.1 Å². The molecule has 0 radical (unpaired) electrons. The van der Waals surface area contributed by atoms with E-state index < -0.39 is 10.1 Å². The molecule has 24 heavy (non-hydrogen) atoms. The van der Waals surface area contributed by atoms with Gasteiger partial charge < -0.3 is 21.7 Å². The minimum absolute atomic E-state index is 0. The number of nitrogens with zero attached hydrogens (tertiary/aromatic N) is 1. The van der Waals surface area contributed by atoms with Gasteiger partial charge in [-0.25, -0.2) is 4.79 Å². The van der Waals surface area contributed by atoms with Gasteiger partial charge in [-0.05, 0) is 31.9 Å². The Hall–Kier alpha value is -1.29. The standard InChI is InChI=1S/C9H12O3S.C6H8NO2S.BrH/c1-6-4-7(2)9(8(3)5-6)13(10,11)12;1-9-6(8)4-7-2-3-10-5-7;/h4-5H,1-3H3,(H,10,11,12);2-3,5H,4H2,1H3;1H/q;+1;/p-1. The summed E-state index contributed by atoms with van der Waals surface area (Å²) in [6.45, 7) is 5.53. The van der Waals surface area contributed by atoms with Crippen LogP contribution in [-0.2, 0) is 26.2 Å². The molecule has 0 bridgehead atoms. The first kappa shape index (κ1) is 22.7. The Morgan fingerprint density at radius 3 is 2.17 bits per heavy atom. The molecule has 134 valence electrons. The molecule has 6 nitrogen and oxygen atoms in total. The maximum Gasteiger partial charge on any atom is 0.372 e. The number of esters is 1. The number of hydrogen-bond donors (Lipinski definition) is 1. The van der Waals surface area contributed by atoms with E-state index in [0.29, 0.717) is 17.7 Å². The lowest BCUT2D eigenvalue weighted by molar-refractivity contribution is -0.681. The predicted octanol–water partition coefficient (Wildman–Crippen LogP) is -0.929. The number of halogens is 1. The van der Waals surface area contributed by atoms with Gasteiger partial charge in [0, 0.05) is 0 Å². The summed E-state index contributed by atoms with van der Waals surface area (Å²) in [5.74, 6) is -0.219. The summed E-state index contributed by atoms with van der Waals surface area (Å²) in [5, 5.41) is 1.91. The van der Waals surface area contributed by atoms with Crippen molar-refractivity contribution in [1.29, 1.82) is 0 Å². The molecule has 1 aromatic heterocycles. The van der Waals surface area contributed by atoms with Crippen LogP contribution in [0, 0.1) is 20.8 Å². The van der Waals surface area contributed by atoms with Gasteiger partial charge in [0.1, 0.15) is 0 Å². The fourth-order valence-electron chi connectivity index (χ4n) is 2.14. The lowest BCUT2D eigenvalue weighted by Crippen LogP contribution is -3.00. The van der Waals surface area contributed by atoms with Crippen molar-refractivity contribution in [3.63, 3.8) is 0 Å². The summed E-state index contributed by atoms with van der Waals surface area (Å²) in [5.41, 5.74) is 4.01. The zero-order valence-electron chi connectivity index (χ0n) is 13.8. The third kappa shape index (κ3) is 7.08. The first-order chi connectivity index (χ1) is 10.6. The molecule has 0 saturated heterocycles. The van der Waals surface area contributed by atoms with Gasteiger partial charge in [-0.15, -0.1) is 0 Å². The number of aryl methyl sites for hydroxylation is 3. The summed E-state index contributed by atoms with van der Waals surface area (Å²) in [6.07, 6.45) is 1.83. The Balaban J connectivity index is 0.000000436. The minimum atomic E-state index is -4.08. The third-order valence-electron chi connectivity index (χ3n) is 2.93. The SMILES string of the molecule is COC(=O)C[n+]1ccsc1.Cc1cc(C)c(S(=O)(=O)O)c(C)c1.[Br-]. The van der Waals surface area contributed by atoms with Crippen LogP contribution in [0.25, 0.3) is 0 Å². The number of aromatic nitrogens is 1. The predicted molar refractivity (Wildman–Crippen MR) is 87.0 cm³/mol. The summed E-state index contributed by atoms with van der Waals surface area (Å²) in [6, 6.07) is 3.46. The van der Waals surface area contributed by atoms with Gasteiger partial charge >= 0.3 is 5.97 Å². The quantitative estimate of drug-likeness (QED) is 0.381. The van der Waals surface area contributed by atoms with E-state index in [0.717, 1.165) is 5.56 Å². The van der Waals surface area contributed by atoms with Gasteiger partial charge in [0.15, 0.2) is 6.20 Å². The highest BCUT2D eigenvalue weighted by Crippen LogP contribution is 2.20. The molecule has 0 fully saturated rings. The molecule has 1 heterocycles. The van der Waals surface area contributed by atoms with Crippen molar-refractivity contribution in [2.45, 2.75) is 32.2 Å². The monoisotopic (exact) mass is 437 g/mol. The molecule has 0 spiro atoms. The lowest BCUT2D eigenvalue weighted by Gasteiger charge is -2.07. The molecule has 0 saturated carbocycles. The second-order valence-electron chi connectivity index (χ2n) is 4.98. The molecule has 0 aliphatic rings. The van der Waals surface area contributed by atoms with E-state index in [1.54, 1.807) is 41.9 Å². The molecule has 2 rings (SSSR count). The Labute approximate surface area is 156 Å². The highest BCUT2D eigenvalue weighted by molar-refractivity contribution is 7.86. The average molecular weight is 438 g/mol. The van der Waals surface area contributed by atoms with E-state index >= 15 is 0 Å². The van der Waals surface area contributed by atoms with Crippen LogP contribution in [0.1, 0.15) is 16.7 Å². The lowest BCUT2D eigenvalue weighted by atomic mass is 10.1. The van der Waals surface area contributed by atoms with E-state index in [2.05, 4.69) is 4.74 Å². The van der Waals surface area contributed by atoms with Crippen LogP contribution >= 0.6 is 11.3 Å². The zero-order valence-corrected chi connectivity index (χ0v) is 17.0. The van der Waals surface area contributed by atoms with Gasteiger partial charge in [-0.2, -0.15) is 13.0 Å². The zero-order chi connectivity index (χ0) is 17.6. The fourth-order valence-corrected chi connectivity index (χ4v) is 3.67. The molecule has 1 N–H and O–H groups in total. The maximum absolute atomic E-state index is 10.9. The number of rotatable bonds is 3. The Kier molecular flexibility index (Phi) is 9.34. The van der Waals surface area contributed by atoms with Crippen molar-refractivity contribution in [3.05, 3.63) is 45.9 Å². The number of ether oxygens (including phenoxy) is 1. The molecular weight excluding hydrogens is 418 g/mol. The summed E-state index contributed by atoms with van der Waals surface area (Å²) in [4.78, 5) is 10.7. The molecule has 0 unspecified atom stereocenters. The van der Waals surface area contributed by atoms with Gasteiger partial charge in [-0.3, -0.25) is 4.55 Å².